The standard InChI is InChI=1S/C19H28O2/c1-13(2)11-19(12-14(3)4)10-9-15-16(18(19)20)7-6-8-17(15)21-5/h6-8,13-14H,9-12H2,1-5H3. The molecule has 2 nitrogen and oxygen atoms in total. The number of hydrogen-bond acceptors (Lipinski definition) is 2. The third kappa shape index (κ3) is 3.14. The summed E-state index contributed by atoms with van der Waals surface area (Å²) in [6.07, 6.45) is 3.88. The van der Waals surface area contributed by atoms with E-state index in [1.54, 1.807) is 7.11 Å². The molecule has 1 aliphatic carbocycles. The van der Waals surface area contributed by atoms with E-state index in [4.69, 9.17) is 4.74 Å². The molecule has 0 spiro atoms. The summed E-state index contributed by atoms with van der Waals surface area (Å²) in [6.45, 7) is 8.87. The highest BCUT2D eigenvalue weighted by molar-refractivity contribution is 6.03. The van der Waals surface area contributed by atoms with Crippen LogP contribution >= 0.6 is 0 Å². The predicted molar refractivity (Wildman–Crippen MR) is 87.0 cm³/mol. The Balaban J connectivity index is 2.44. The average Bonchev–Trinajstić information content (AvgIpc) is 2.41. The van der Waals surface area contributed by atoms with Crippen molar-refractivity contribution in [3.63, 3.8) is 0 Å². The molecule has 0 fully saturated rings. The molecule has 2 rings (SSSR count). The smallest absolute Gasteiger partial charge is 0.169 e. The number of benzene rings is 1. The molecular formula is C19H28O2. The van der Waals surface area contributed by atoms with Gasteiger partial charge in [0.25, 0.3) is 0 Å². The topological polar surface area (TPSA) is 26.3 Å². The van der Waals surface area contributed by atoms with E-state index in [0.717, 1.165) is 42.6 Å². The fourth-order valence-electron chi connectivity index (χ4n) is 4.03. The highest BCUT2D eigenvalue weighted by atomic mass is 16.5. The summed E-state index contributed by atoms with van der Waals surface area (Å²) < 4.78 is 5.44. The lowest BCUT2D eigenvalue weighted by Gasteiger charge is -2.39. The number of Topliss-reactive ketones (excluding diaryl/α,β-unsaturated/α-hetero) is 1. The van der Waals surface area contributed by atoms with Crippen LogP contribution in [0.4, 0.5) is 0 Å². The second-order valence-electron chi connectivity index (χ2n) is 7.29. The molecule has 21 heavy (non-hydrogen) atoms. The van der Waals surface area contributed by atoms with Crippen molar-refractivity contribution in [1.82, 2.24) is 0 Å². The van der Waals surface area contributed by atoms with Crippen LogP contribution in [0.15, 0.2) is 18.2 Å². The van der Waals surface area contributed by atoms with E-state index in [1.165, 1.54) is 0 Å². The van der Waals surface area contributed by atoms with Crippen molar-refractivity contribution in [1.29, 1.82) is 0 Å². The molecule has 2 heteroatoms. The van der Waals surface area contributed by atoms with Crippen LogP contribution in [0.25, 0.3) is 0 Å². The van der Waals surface area contributed by atoms with Gasteiger partial charge in [-0.2, -0.15) is 0 Å². The average molecular weight is 288 g/mol. The summed E-state index contributed by atoms with van der Waals surface area (Å²) in [6, 6.07) is 5.88. The lowest BCUT2D eigenvalue weighted by Crippen LogP contribution is -2.38. The van der Waals surface area contributed by atoms with Gasteiger partial charge in [-0.05, 0) is 43.6 Å². The second kappa shape index (κ2) is 6.21. The number of fused-ring (bicyclic) bond motifs is 1. The Morgan fingerprint density at radius 1 is 1.14 bits per heavy atom. The number of rotatable bonds is 5. The minimum absolute atomic E-state index is 0.179. The van der Waals surface area contributed by atoms with Gasteiger partial charge in [0, 0.05) is 16.5 Å². The van der Waals surface area contributed by atoms with Crippen LogP contribution in [0.2, 0.25) is 0 Å². The molecule has 0 unspecified atom stereocenters. The van der Waals surface area contributed by atoms with Crippen LogP contribution in [0.3, 0.4) is 0 Å². The summed E-state index contributed by atoms with van der Waals surface area (Å²) in [4.78, 5) is 13.2. The van der Waals surface area contributed by atoms with Crippen molar-refractivity contribution in [3.8, 4) is 5.75 Å². The Morgan fingerprint density at radius 3 is 2.29 bits per heavy atom. The van der Waals surface area contributed by atoms with Crippen LogP contribution in [0.1, 0.15) is 62.9 Å². The molecule has 0 aromatic heterocycles. The summed E-state index contributed by atoms with van der Waals surface area (Å²) in [5, 5.41) is 0. The van der Waals surface area contributed by atoms with Gasteiger partial charge in [0.1, 0.15) is 5.75 Å². The van der Waals surface area contributed by atoms with Crippen molar-refractivity contribution in [2.75, 3.05) is 7.11 Å². The lowest BCUT2D eigenvalue weighted by molar-refractivity contribution is 0.0654. The maximum atomic E-state index is 13.2. The number of methoxy groups -OCH3 is 1. The fourth-order valence-corrected chi connectivity index (χ4v) is 4.03. The summed E-state index contributed by atoms with van der Waals surface area (Å²) in [7, 11) is 1.68. The van der Waals surface area contributed by atoms with Crippen LogP contribution in [0.5, 0.6) is 5.75 Å². The monoisotopic (exact) mass is 288 g/mol. The number of hydrogen-bond donors (Lipinski definition) is 0. The van der Waals surface area contributed by atoms with Gasteiger partial charge in [-0.15, -0.1) is 0 Å². The SMILES string of the molecule is COc1cccc2c1CCC(CC(C)C)(CC(C)C)C2=O. The summed E-state index contributed by atoms with van der Waals surface area (Å²) >= 11 is 0. The molecule has 0 radical (unpaired) electrons. The number of carbonyl (C=O) groups excluding carboxylic acids is 1. The Labute approximate surface area is 128 Å². The van der Waals surface area contributed by atoms with Gasteiger partial charge < -0.3 is 4.74 Å². The van der Waals surface area contributed by atoms with Crippen molar-refractivity contribution >= 4 is 5.78 Å². The molecule has 116 valence electrons. The van der Waals surface area contributed by atoms with E-state index in [9.17, 15) is 4.79 Å². The Hall–Kier alpha value is -1.31. The van der Waals surface area contributed by atoms with Gasteiger partial charge in [-0.3, -0.25) is 4.79 Å². The maximum Gasteiger partial charge on any atom is 0.169 e. The Kier molecular flexibility index (Phi) is 4.75. The highest BCUT2D eigenvalue weighted by Gasteiger charge is 2.43. The molecule has 0 aliphatic heterocycles. The van der Waals surface area contributed by atoms with Crippen molar-refractivity contribution in [3.05, 3.63) is 29.3 Å². The molecule has 0 bridgehead atoms. The van der Waals surface area contributed by atoms with E-state index >= 15 is 0 Å². The molecule has 0 saturated heterocycles. The fraction of sp³-hybridized carbons (Fsp3) is 0.632. The van der Waals surface area contributed by atoms with Crippen molar-refractivity contribution < 1.29 is 9.53 Å². The molecular weight excluding hydrogens is 260 g/mol. The number of ether oxygens (including phenoxy) is 1. The normalized spacial score (nSPS) is 17.2. The third-order valence-corrected chi connectivity index (χ3v) is 4.53. The maximum absolute atomic E-state index is 13.2. The van der Waals surface area contributed by atoms with Gasteiger partial charge in [-0.25, -0.2) is 0 Å². The van der Waals surface area contributed by atoms with Gasteiger partial charge in [0.2, 0.25) is 0 Å². The van der Waals surface area contributed by atoms with E-state index in [0.29, 0.717) is 17.6 Å². The minimum atomic E-state index is -0.179. The molecule has 1 aromatic carbocycles. The van der Waals surface area contributed by atoms with Crippen molar-refractivity contribution in [2.45, 2.75) is 53.4 Å². The molecule has 0 atom stereocenters. The van der Waals surface area contributed by atoms with Crippen LogP contribution in [0, 0.1) is 17.3 Å². The zero-order valence-corrected chi connectivity index (χ0v) is 14.0. The third-order valence-electron chi connectivity index (χ3n) is 4.53. The van der Waals surface area contributed by atoms with Crippen LogP contribution in [-0.2, 0) is 6.42 Å². The molecule has 0 heterocycles. The van der Waals surface area contributed by atoms with Gasteiger partial charge >= 0.3 is 0 Å². The van der Waals surface area contributed by atoms with Gasteiger partial charge in [0.05, 0.1) is 7.11 Å². The zero-order valence-electron chi connectivity index (χ0n) is 14.0. The number of carbonyl (C=O) groups is 1. The molecule has 1 aromatic rings. The Morgan fingerprint density at radius 2 is 1.76 bits per heavy atom. The van der Waals surface area contributed by atoms with E-state index in [1.807, 2.05) is 18.2 Å². The highest BCUT2D eigenvalue weighted by Crippen LogP contribution is 2.46. The summed E-state index contributed by atoms with van der Waals surface area (Å²) in [5.41, 5.74) is 1.82. The molecule has 1 aliphatic rings. The Bertz CT molecular complexity index is 504. The quantitative estimate of drug-likeness (QED) is 0.770. The first-order valence-corrected chi connectivity index (χ1v) is 8.10. The first kappa shape index (κ1) is 16.1. The van der Waals surface area contributed by atoms with Gasteiger partial charge in [0.15, 0.2) is 5.78 Å². The largest absolute Gasteiger partial charge is 0.496 e. The minimum Gasteiger partial charge on any atom is -0.496 e. The molecule has 0 amide bonds. The van der Waals surface area contributed by atoms with Crippen molar-refractivity contribution in [2.24, 2.45) is 17.3 Å². The van der Waals surface area contributed by atoms with Crippen LogP contribution in [-0.4, -0.2) is 12.9 Å². The first-order chi connectivity index (χ1) is 9.89. The second-order valence-corrected chi connectivity index (χ2v) is 7.29. The van der Waals surface area contributed by atoms with E-state index < -0.39 is 0 Å². The zero-order chi connectivity index (χ0) is 15.6. The number of ketones is 1. The summed E-state index contributed by atoms with van der Waals surface area (Å²) in [5.74, 6) is 2.29. The molecule has 0 N–H and O–H groups in total. The van der Waals surface area contributed by atoms with E-state index in [2.05, 4.69) is 27.7 Å². The lowest BCUT2D eigenvalue weighted by atomic mass is 9.63. The van der Waals surface area contributed by atoms with E-state index in [-0.39, 0.29) is 5.41 Å². The predicted octanol–water partition coefficient (Wildman–Crippen LogP) is 4.90. The van der Waals surface area contributed by atoms with Gasteiger partial charge in [-0.1, -0.05) is 39.8 Å². The molecule has 0 saturated carbocycles. The van der Waals surface area contributed by atoms with Crippen LogP contribution < -0.4 is 4.74 Å². The first-order valence-electron chi connectivity index (χ1n) is 8.10.